The number of nitrogens with one attached hydrogen (secondary N) is 1. The summed E-state index contributed by atoms with van der Waals surface area (Å²) in [6, 6.07) is 0.356. The summed E-state index contributed by atoms with van der Waals surface area (Å²) in [5.74, 6) is 0.457. The van der Waals surface area contributed by atoms with Gasteiger partial charge in [-0.1, -0.05) is 0 Å². The van der Waals surface area contributed by atoms with E-state index in [2.05, 4.69) is 15.3 Å². The lowest BCUT2D eigenvalue weighted by Crippen LogP contribution is -2.18. The van der Waals surface area contributed by atoms with E-state index in [1.54, 1.807) is 24.0 Å². The number of aromatic nitrogens is 3. The van der Waals surface area contributed by atoms with Gasteiger partial charge in [0.25, 0.3) is 0 Å². The zero-order valence-corrected chi connectivity index (χ0v) is 11.6. The highest BCUT2D eigenvalue weighted by atomic mass is 32.1. The van der Waals surface area contributed by atoms with Crippen LogP contribution >= 0.6 is 11.3 Å². The first-order chi connectivity index (χ1) is 9.45. The highest BCUT2D eigenvalue weighted by molar-refractivity contribution is 7.15. The first kappa shape index (κ1) is 13.6. The molecule has 0 radical (unpaired) electrons. The average molecular weight is 302 g/mol. The Bertz CT molecular complexity index is 612. The van der Waals surface area contributed by atoms with Crippen molar-refractivity contribution < 1.29 is 13.2 Å². The Balaban J connectivity index is 1.94. The molecule has 4 nitrogen and oxygen atoms in total. The molecule has 1 aliphatic rings. The Labute approximate surface area is 117 Å². The smallest absolute Gasteiger partial charge is 0.332 e. The number of thiazole rings is 1. The van der Waals surface area contributed by atoms with Crippen molar-refractivity contribution in [1.82, 2.24) is 19.9 Å². The van der Waals surface area contributed by atoms with Crippen LogP contribution in [-0.2, 0) is 19.8 Å². The Morgan fingerprint density at radius 3 is 2.75 bits per heavy atom. The zero-order chi connectivity index (χ0) is 14.3. The highest BCUT2D eigenvalue weighted by Gasteiger charge is 2.38. The summed E-state index contributed by atoms with van der Waals surface area (Å²) in [6.07, 6.45) is 0.872. The molecule has 1 N–H and O–H groups in total. The summed E-state index contributed by atoms with van der Waals surface area (Å²) in [5.41, 5.74) is -0.798. The highest BCUT2D eigenvalue weighted by Crippen LogP contribution is 2.37. The molecule has 1 aliphatic carbocycles. The second-order valence-corrected chi connectivity index (χ2v) is 5.89. The molecule has 2 aromatic rings. The first-order valence-electron chi connectivity index (χ1n) is 6.23. The third-order valence-corrected chi connectivity index (χ3v) is 4.16. The van der Waals surface area contributed by atoms with Crippen molar-refractivity contribution in [2.45, 2.75) is 31.6 Å². The number of nitrogens with zero attached hydrogens (tertiary/aromatic N) is 3. The lowest BCUT2D eigenvalue weighted by Gasteiger charge is -2.06. The third-order valence-electron chi connectivity index (χ3n) is 3.11. The summed E-state index contributed by atoms with van der Waals surface area (Å²) in [6.45, 7) is 0.210. The van der Waals surface area contributed by atoms with Gasteiger partial charge in [0.15, 0.2) is 16.5 Å². The predicted octanol–water partition coefficient (Wildman–Crippen LogP) is 2.81. The monoisotopic (exact) mass is 302 g/mol. The van der Waals surface area contributed by atoms with Crippen molar-refractivity contribution in [1.29, 1.82) is 0 Å². The maximum Gasteiger partial charge on any atom is 0.434 e. The minimum absolute atomic E-state index is 0.210. The van der Waals surface area contributed by atoms with Gasteiger partial charge < -0.3 is 9.88 Å². The second kappa shape index (κ2) is 4.85. The van der Waals surface area contributed by atoms with Crippen molar-refractivity contribution in [3.05, 3.63) is 23.0 Å². The fourth-order valence-corrected chi connectivity index (χ4v) is 2.96. The van der Waals surface area contributed by atoms with Crippen LogP contribution in [0.3, 0.4) is 0 Å². The quantitative estimate of drug-likeness (QED) is 0.944. The number of alkyl halides is 3. The van der Waals surface area contributed by atoms with Gasteiger partial charge in [0.05, 0.1) is 4.88 Å². The normalized spacial score (nSPS) is 15.8. The van der Waals surface area contributed by atoms with Crippen LogP contribution in [0.5, 0.6) is 0 Å². The van der Waals surface area contributed by atoms with Crippen molar-refractivity contribution in [3.8, 4) is 10.8 Å². The Hall–Kier alpha value is -1.41. The molecule has 1 fully saturated rings. The topological polar surface area (TPSA) is 42.7 Å². The molecule has 0 bridgehead atoms. The van der Waals surface area contributed by atoms with E-state index in [-0.39, 0.29) is 11.4 Å². The van der Waals surface area contributed by atoms with E-state index in [1.807, 2.05) is 0 Å². The minimum atomic E-state index is -4.43. The van der Waals surface area contributed by atoms with Crippen LogP contribution < -0.4 is 5.32 Å². The fraction of sp³-hybridized carbons (Fsp3) is 0.500. The van der Waals surface area contributed by atoms with Gasteiger partial charge in [-0.15, -0.1) is 11.3 Å². The average Bonchev–Trinajstić information content (AvgIpc) is 2.93. The van der Waals surface area contributed by atoms with Crippen molar-refractivity contribution in [2.24, 2.45) is 7.05 Å². The molecule has 0 aromatic carbocycles. The van der Waals surface area contributed by atoms with E-state index in [0.29, 0.717) is 16.9 Å². The van der Waals surface area contributed by atoms with Gasteiger partial charge in [-0.05, 0) is 12.8 Å². The largest absolute Gasteiger partial charge is 0.434 e. The van der Waals surface area contributed by atoms with Crippen LogP contribution in [0, 0.1) is 0 Å². The second-order valence-electron chi connectivity index (χ2n) is 4.81. The standard InChI is InChI=1S/C12H13F3N4S/c1-19-5-4-16-10(19)11-18-9(12(13,14)15)8(20-11)6-17-7-2-3-7/h4-5,7,17H,2-3,6H2,1H3. The molecule has 0 atom stereocenters. The Morgan fingerprint density at radius 2 is 2.20 bits per heavy atom. The molecule has 0 spiro atoms. The predicted molar refractivity (Wildman–Crippen MR) is 69.2 cm³/mol. The fourth-order valence-electron chi connectivity index (χ4n) is 1.88. The van der Waals surface area contributed by atoms with Crippen molar-refractivity contribution in [3.63, 3.8) is 0 Å². The first-order valence-corrected chi connectivity index (χ1v) is 7.05. The van der Waals surface area contributed by atoms with Gasteiger partial charge in [-0.25, -0.2) is 9.97 Å². The maximum atomic E-state index is 13.0. The Kier molecular flexibility index (Phi) is 3.29. The number of hydrogen-bond donors (Lipinski definition) is 1. The molecule has 2 aromatic heterocycles. The van der Waals surface area contributed by atoms with Gasteiger partial charge >= 0.3 is 6.18 Å². The number of imidazole rings is 1. The number of rotatable bonds is 4. The van der Waals surface area contributed by atoms with Crippen LogP contribution in [0.25, 0.3) is 10.8 Å². The molecule has 2 heterocycles. The molecule has 1 saturated carbocycles. The molecule has 20 heavy (non-hydrogen) atoms. The van der Waals surface area contributed by atoms with E-state index in [1.165, 1.54) is 0 Å². The van der Waals surface area contributed by atoms with E-state index < -0.39 is 11.9 Å². The summed E-state index contributed by atoms with van der Waals surface area (Å²) < 4.78 is 40.8. The summed E-state index contributed by atoms with van der Waals surface area (Å²) >= 11 is 1.05. The molecule has 0 aliphatic heterocycles. The van der Waals surface area contributed by atoms with Gasteiger partial charge in [0, 0.05) is 32.0 Å². The number of aryl methyl sites for hydroxylation is 1. The molecule has 0 unspecified atom stereocenters. The lowest BCUT2D eigenvalue weighted by molar-refractivity contribution is -0.141. The third kappa shape index (κ3) is 2.71. The van der Waals surface area contributed by atoms with Crippen LogP contribution in [0.4, 0.5) is 13.2 Å². The zero-order valence-electron chi connectivity index (χ0n) is 10.7. The van der Waals surface area contributed by atoms with E-state index in [4.69, 9.17) is 0 Å². The number of hydrogen-bond acceptors (Lipinski definition) is 4. The molecule has 3 rings (SSSR count). The van der Waals surface area contributed by atoms with Gasteiger partial charge in [-0.2, -0.15) is 13.2 Å². The molecule has 8 heteroatoms. The molecular formula is C12H13F3N4S. The van der Waals surface area contributed by atoms with Crippen LogP contribution in [0.2, 0.25) is 0 Å². The Morgan fingerprint density at radius 1 is 1.45 bits per heavy atom. The van der Waals surface area contributed by atoms with E-state index in [0.717, 1.165) is 24.2 Å². The van der Waals surface area contributed by atoms with Gasteiger partial charge in [0.2, 0.25) is 0 Å². The maximum absolute atomic E-state index is 13.0. The van der Waals surface area contributed by atoms with Crippen LogP contribution in [0.1, 0.15) is 23.4 Å². The van der Waals surface area contributed by atoms with Crippen molar-refractivity contribution in [2.75, 3.05) is 0 Å². The molecule has 0 saturated heterocycles. The molecule has 0 amide bonds. The molecule has 108 valence electrons. The van der Waals surface area contributed by atoms with Crippen LogP contribution in [0.15, 0.2) is 12.4 Å². The number of halogens is 3. The van der Waals surface area contributed by atoms with E-state index >= 15 is 0 Å². The summed E-state index contributed by atoms with van der Waals surface area (Å²) in [7, 11) is 1.74. The van der Waals surface area contributed by atoms with Crippen molar-refractivity contribution >= 4 is 11.3 Å². The van der Waals surface area contributed by atoms with Gasteiger partial charge in [0.1, 0.15) is 0 Å². The van der Waals surface area contributed by atoms with Gasteiger partial charge in [-0.3, -0.25) is 0 Å². The summed E-state index contributed by atoms with van der Waals surface area (Å²) in [5, 5.41) is 3.40. The van der Waals surface area contributed by atoms with Crippen LogP contribution in [-0.4, -0.2) is 20.6 Å². The SMILES string of the molecule is Cn1ccnc1-c1nc(C(F)(F)F)c(CNC2CC2)s1. The summed E-state index contributed by atoms with van der Waals surface area (Å²) in [4.78, 5) is 8.03. The minimum Gasteiger partial charge on any atom is -0.332 e. The lowest BCUT2D eigenvalue weighted by atomic mass is 10.3. The molecular weight excluding hydrogens is 289 g/mol. The van der Waals surface area contributed by atoms with E-state index in [9.17, 15) is 13.2 Å².